The van der Waals surface area contributed by atoms with E-state index in [2.05, 4.69) is 26.4 Å². The second-order valence-corrected chi connectivity index (χ2v) is 7.92. The van der Waals surface area contributed by atoms with Crippen LogP contribution in [0.3, 0.4) is 0 Å². The van der Waals surface area contributed by atoms with Crippen LogP contribution in [0.25, 0.3) is 0 Å². The summed E-state index contributed by atoms with van der Waals surface area (Å²) in [5, 5.41) is 15.1. The number of amidine groups is 1. The third-order valence-electron chi connectivity index (χ3n) is 4.04. The molecule has 0 spiro atoms. The van der Waals surface area contributed by atoms with Gasteiger partial charge in [0.1, 0.15) is 5.41 Å². The number of rotatable bonds is 4. The number of oxime groups is 1. The van der Waals surface area contributed by atoms with Crippen LogP contribution in [-0.4, -0.2) is 17.0 Å². The zero-order valence-electron chi connectivity index (χ0n) is 11.8. The summed E-state index contributed by atoms with van der Waals surface area (Å²) in [4.78, 5) is 13.7. The van der Waals surface area contributed by atoms with Gasteiger partial charge in [-0.3, -0.25) is 4.79 Å². The Morgan fingerprint density at radius 3 is 2.57 bits per heavy atom. The molecule has 4 N–H and O–H groups in total. The summed E-state index contributed by atoms with van der Waals surface area (Å²) in [7, 11) is 0. The lowest BCUT2D eigenvalue weighted by Gasteiger charge is -2.29. The largest absolute Gasteiger partial charge is 0.409 e. The van der Waals surface area contributed by atoms with Crippen molar-refractivity contribution in [3.63, 3.8) is 0 Å². The van der Waals surface area contributed by atoms with Gasteiger partial charge in [0.15, 0.2) is 5.84 Å². The van der Waals surface area contributed by atoms with Gasteiger partial charge < -0.3 is 16.3 Å². The van der Waals surface area contributed by atoms with Gasteiger partial charge in [0, 0.05) is 4.88 Å². The molecular weight excluding hydrogens is 354 g/mol. The fourth-order valence-electron chi connectivity index (χ4n) is 2.81. The Labute approximate surface area is 136 Å². The average Bonchev–Trinajstić information content (AvgIpc) is 2.76. The number of nitrogens with zero attached hydrogens (tertiary/aromatic N) is 1. The number of nitrogens with one attached hydrogen (secondary N) is 1. The van der Waals surface area contributed by atoms with Crippen LogP contribution in [0.2, 0.25) is 0 Å². The van der Waals surface area contributed by atoms with Crippen molar-refractivity contribution in [2.24, 2.45) is 16.3 Å². The predicted molar refractivity (Wildman–Crippen MR) is 87.4 cm³/mol. The van der Waals surface area contributed by atoms with Crippen molar-refractivity contribution in [1.29, 1.82) is 0 Å². The van der Waals surface area contributed by atoms with Crippen molar-refractivity contribution in [3.8, 4) is 0 Å². The third kappa shape index (κ3) is 3.77. The van der Waals surface area contributed by atoms with E-state index in [9.17, 15) is 4.79 Å². The highest BCUT2D eigenvalue weighted by Crippen LogP contribution is 2.36. The molecule has 21 heavy (non-hydrogen) atoms. The highest BCUT2D eigenvalue weighted by molar-refractivity contribution is 9.11. The van der Waals surface area contributed by atoms with E-state index in [1.54, 1.807) is 11.3 Å². The first-order valence-electron chi connectivity index (χ1n) is 7.09. The summed E-state index contributed by atoms with van der Waals surface area (Å²) in [6.45, 7) is 0.468. The summed E-state index contributed by atoms with van der Waals surface area (Å²) < 4.78 is 1.03. The van der Waals surface area contributed by atoms with E-state index in [-0.39, 0.29) is 11.7 Å². The Morgan fingerprint density at radius 2 is 2.05 bits per heavy atom. The highest BCUT2D eigenvalue weighted by atomic mass is 79.9. The number of amides is 1. The molecule has 7 heteroatoms. The van der Waals surface area contributed by atoms with E-state index in [0.29, 0.717) is 19.4 Å². The Balaban J connectivity index is 2.10. The predicted octanol–water partition coefficient (Wildman–Crippen LogP) is 3.21. The van der Waals surface area contributed by atoms with Crippen molar-refractivity contribution in [2.45, 2.75) is 45.1 Å². The van der Waals surface area contributed by atoms with Gasteiger partial charge in [0.05, 0.1) is 10.3 Å². The maximum Gasteiger partial charge on any atom is 0.234 e. The molecule has 0 atom stereocenters. The quantitative estimate of drug-likeness (QED) is 0.249. The van der Waals surface area contributed by atoms with Crippen molar-refractivity contribution in [3.05, 3.63) is 20.8 Å². The summed E-state index contributed by atoms with van der Waals surface area (Å²) >= 11 is 4.99. The Morgan fingerprint density at radius 1 is 1.38 bits per heavy atom. The van der Waals surface area contributed by atoms with Crippen molar-refractivity contribution in [1.82, 2.24) is 5.32 Å². The molecule has 1 amide bonds. The summed E-state index contributed by atoms with van der Waals surface area (Å²) in [5.41, 5.74) is 5.00. The number of halogens is 1. The van der Waals surface area contributed by atoms with Crippen LogP contribution in [0.15, 0.2) is 21.1 Å². The zero-order chi connectivity index (χ0) is 15.3. The molecule has 0 aliphatic heterocycles. The molecule has 1 aromatic rings. The molecule has 1 saturated carbocycles. The molecule has 1 fully saturated rings. The molecule has 1 heterocycles. The minimum absolute atomic E-state index is 0.0364. The molecule has 0 unspecified atom stereocenters. The minimum Gasteiger partial charge on any atom is -0.409 e. The number of nitrogens with two attached hydrogens (primary N) is 1. The average molecular weight is 374 g/mol. The van der Waals surface area contributed by atoms with Crippen LogP contribution in [0.5, 0.6) is 0 Å². The van der Waals surface area contributed by atoms with Gasteiger partial charge in [-0.1, -0.05) is 30.8 Å². The lowest BCUT2D eigenvalue weighted by Crippen LogP contribution is -2.49. The molecular formula is C14H20BrN3O2S. The number of carbonyl (C=O) groups is 1. The molecule has 0 radical (unpaired) electrons. The van der Waals surface area contributed by atoms with Gasteiger partial charge in [-0.05, 0) is 40.9 Å². The fourth-order valence-corrected chi connectivity index (χ4v) is 4.23. The summed E-state index contributed by atoms with van der Waals surface area (Å²) in [6, 6.07) is 3.93. The van der Waals surface area contributed by atoms with Gasteiger partial charge in [-0.15, -0.1) is 11.3 Å². The molecule has 0 aromatic carbocycles. The maximum absolute atomic E-state index is 12.7. The number of hydrogen-bond donors (Lipinski definition) is 3. The van der Waals surface area contributed by atoms with E-state index in [1.165, 1.54) is 0 Å². The van der Waals surface area contributed by atoms with E-state index < -0.39 is 5.41 Å². The number of carbonyl (C=O) groups excluding carboxylic acids is 1. The van der Waals surface area contributed by atoms with Gasteiger partial charge in [0.2, 0.25) is 5.91 Å². The molecule has 0 saturated heterocycles. The topological polar surface area (TPSA) is 87.7 Å². The zero-order valence-corrected chi connectivity index (χ0v) is 14.2. The van der Waals surface area contributed by atoms with Crippen LogP contribution >= 0.6 is 27.3 Å². The standard InChI is InChI=1S/C14H20BrN3O2S/c15-11-6-5-10(21-11)9-17-13(19)14(12(16)18-20)7-3-1-2-4-8-14/h5-6,20H,1-4,7-9H2,(H2,16,18)(H,17,19). The van der Waals surface area contributed by atoms with Crippen molar-refractivity contribution in [2.75, 3.05) is 0 Å². The van der Waals surface area contributed by atoms with Gasteiger partial charge in [-0.25, -0.2) is 0 Å². The van der Waals surface area contributed by atoms with Gasteiger partial charge in [0.25, 0.3) is 0 Å². The van der Waals surface area contributed by atoms with Crippen LogP contribution in [0.4, 0.5) is 0 Å². The highest BCUT2D eigenvalue weighted by Gasteiger charge is 2.42. The first-order chi connectivity index (χ1) is 10.1. The molecule has 1 aromatic heterocycles. The first-order valence-corrected chi connectivity index (χ1v) is 8.70. The molecule has 1 aliphatic carbocycles. The third-order valence-corrected chi connectivity index (χ3v) is 5.67. The van der Waals surface area contributed by atoms with E-state index in [0.717, 1.165) is 34.3 Å². The number of hydrogen-bond acceptors (Lipinski definition) is 4. The lowest BCUT2D eigenvalue weighted by molar-refractivity contribution is -0.128. The lowest BCUT2D eigenvalue weighted by atomic mass is 9.78. The van der Waals surface area contributed by atoms with Crippen molar-refractivity contribution >= 4 is 39.0 Å². The minimum atomic E-state index is -0.861. The molecule has 116 valence electrons. The van der Waals surface area contributed by atoms with Crippen LogP contribution in [0, 0.1) is 5.41 Å². The molecule has 0 bridgehead atoms. The second kappa shape index (κ2) is 7.26. The van der Waals surface area contributed by atoms with E-state index >= 15 is 0 Å². The normalized spacial score (nSPS) is 19.0. The van der Waals surface area contributed by atoms with Gasteiger partial charge in [-0.2, -0.15) is 0 Å². The maximum atomic E-state index is 12.7. The Hall–Kier alpha value is -1.08. The Kier molecular flexibility index (Phi) is 5.64. The Bertz CT molecular complexity index is 522. The first kappa shape index (κ1) is 16.3. The fraction of sp³-hybridized carbons (Fsp3) is 0.571. The molecule has 1 aliphatic rings. The molecule has 5 nitrogen and oxygen atoms in total. The van der Waals surface area contributed by atoms with E-state index in [4.69, 9.17) is 10.9 Å². The monoisotopic (exact) mass is 373 g/mol. The smallest absolute Gasteiger partial charge is 0.234 e. The van der Waals surface area contributed by atoms with Crippen LogP contribution < -0.4 is 11.1 Å². The molecule has 2 rings (SSSR count). The number of thiophene rings is 1. The summed E-state index contributed by atoms with van der Waals surface area (Å²) in [6.07, 6.45) is 5.31. The van der Waals surface area contributed by atoms with E-state index in [1.807, 2.05) is 12.1 Å². The van der Waals surface area contributed by atoms with Gasteiger partial charge >= 0.3 is 0 Å². The van der Waals surface area contributed by atoms with Crippen molar-refractivity contribution < 1.29 is 10.0 Å². The van der Waals surface area contributed by atoms with Crippen LogP contribution in [-0.2, 0) is 11.3 Å². The summed E-state index contributed by atoms with van der Waals surface area (Å²) in [5.74, 6) is -0.0986. The SMILES string of the molecule is NC(=NO)C1(C(=O)NCc2ccc(Br)s2)CCCCCC1. The second-order valence-electron chi connectivity index (χ2n) is 5.37. The van der Waals surface area contributed by atoms with Crippen LogP contribution in [0.1, 0.15) is 43.4 Å².